The Morgan fingerprint density at radius 1 is 1.47 bits per heavy atom. The summed E-state index contributed by atoms with van der Waals surface area (Å²) in [5.74, 6) is 1.01. The van der Waals surface area contributed by atoms with Gasteiger partial charge in [0.25, 0.3) is 0 Å². The van der Waals surface area contributed by atoms with Gasteiger partial charge in [0.1, 0.15) is 5.82 Å². The SMILES string of the molecule is CNC(C)(C)c1cncn1CCc1ncc[nH]1. The second-order valence-corrected chi connectivity index (χ2v) is 4.63. The summed E-state index contributed by atoms with van der Waals surface area (Å²) in [5.41, 5.74) is 1.12. The minimum absolute atomic E-state index is 0.0698. The van der Waals surface area contributed by atoms with Crippen LogP contribution >= 0.6 is 0 Å². The highest BCUT2D eigenvalue weighted by Gasteiger charge is 2.21. The smallest absolute Gasteiger partial charge is 0.107 e. The fourth-order valence-corrected chi connectivity index (χ4v) is 1.81. The molecule has 0 fully saturated rings. The van der Waals surface area contributed by atoms with E-state index in [1.807, 2.05) is 25.8 Å². The Balaban J connectivity index is 2.09. The molecule has 2 aromatic heterocycles. The maximum atomic E-state index is 4.23. The molecule has 2 rings (SSSR count). The van der Waals surface area contributed by atoms with Crippen LogP contribution in [0.1, 0.15) is 25.4 Å². The van der Waals surface area contributed by atoms with Gasteiger partial charge in [-0.3, -0.25) is 0 Å². The van der Waals surface area contributed by atoms with E-state index in [1.54, 1.807) is 6.20 Å². The number of nitrogens with zero attached hydrogens (tertiary/aromatic N) is 3. The van der Waals surface area contributed by atoms with Crippen LogP contribution in [0.4, 0.5) is 0 Å². The normalized spacial score (nSPS) is 11.9. The lowest BCUT2D eigenvalue weighted by Gasteiger charge is -2.25. The van der Waals surface area contributed by atoms with E-state index >= 15 is 0 Å². The number of H-pyrrole nitrogens is 1. The highest BCUT2D eigenvalue weighted by atomic mass is 15.1. The third-order valence-electron chi connectivity index (χ3n) is 3.12. The zero-order valence-corrected chi connectivity index (χ0v) is 10.6. The minimum atomic E-state index is -0.0698. The number of aromatic nitrogens is 4. The topological polar surface area (TPSA) is 58.5 Å². The average Bonchev–Trinajstić information content (AvgIpc) is 2.97. The van der Waals surface area contributed by atoms with Gasteiger partial charge in [-0.25, -0.2) is 9.97 Å². The molecule has 0 aliphatic carbocycles. The van der Waals surface area contributed by atoms with Crippen LogP contribution in [0.25, 0.3) is 0 Å². The molecule has 2 N–H and O–H groups in total. The van der Waals surface area contributed by atoms with E-state index in [0.717, 1.165) is 18.8 Å². The number of imidazole rings is 2. The molecular formula is C12H19N5. The Bertz CT molecular complexity index is 455. The fourth-order valence-electron chi connectivity index (χ4n) is 1.81. The molecule has 2 aromatic rings. The summed E-state index contributed by atoms with van der Waals surface area (Å²) in [5, 5.41) is 3.29. The maximum absolute atomic E-state index is 4.23. The molecule has 0 radical (unpaired) electrons. The van der Waals surface area contributed by atoms with Crippen molar-refractivity contribution < 1.29 is 0 Å². The molecule has 2 heterocycles. The Kier molecular flexibility index (Phi) is 3.28. The van der Waals surface area contributed by atoms with Crippen LogP contribution in [-0.4, -0.2) is 26.6 Å². The van der Waals surface area contributed by atoms with Crippen molar-refractivity contribution >= 4 is 0 Å². The van der Waals surface area contributed by atoms with E-state index in [1.165, 1.54) is 5.69 Å². The lowest BCUT2D eigenvalue weighted by atomic mass is 10.0. The van der Waals surface area contributed by atoms with Crippen molar-refractivity contribution in [2.75, 3.05) is 7.05 Å². The quantitative estimate of drug-likeness (QED) is 0.818. The predicted molar refractivity (Wildman–Crippen MR) is 66.6 cm³/mol. The summed E-state index contributed by atoms with van der Waals surface area (Å²) >= 11 is 0. The highest BCUT2D eigenvalue weighted by Crippen LogP contribution is 2.18. The first-order valence-electron chi connectivity index (χ1n) is 5.81. The van der Waals surface area contributed by atoms with E-state index in [2.05, 4.69) is 38.7 Å². The first kappa shape index (κ1) is 11.9. The molecule has 17 heavy (non-hydrogen) atoms. The molecule has 0 aromatic carbocycles. The fraction of sp³-hybridized carbons (Fsp3) is 0.500. The maximum Gasteiger partial charge on any atom is 0.107 e. The molecular weight excluding hydrogens is 214 g/mol. The summed E-state index contributed by atoms with van der Waals surface area (Å²) in [4.78, 5) is 11.6. The number of hydrogen-bond donors (Lipinski definition) is 2. The first-order valence-corrected chi connectivity index (χ1v) is 5.81. The summed E-state index contributed by atoms with van der Waals surface area (Å²) in [6, 6.07) is 0. The van der Waals surface area contributed by atoms with Gasteiger partial charge >= 0.3 is 0 Å². The van der Waals surface area contributed by atoms with Crippen molar-refractivity contribution in [1.82, 2.24) is 24.8 Å². The summed E-state index contributed by atoms with van der Waals surface area (Å²) in [6.45, 7) is 5.18. The number of hydrogen-bond acceptors (Lipinski definition) is 3. The first-order chi connectivity index (χ1) is 8.13. The van der Waals surface area contributed by atoms with Crippen LogP contribution in [0.5, 0.6) is 0 Å². The zero-order valence-electron chi connectivity index (χ0n) is 10.6. The predicted octanol–water partition coefficient (Wildman–Crippen LogP) is 1.30. The van der Waals surface area contributed by atoms with Crippen LogP contribution in [0.15, 0.2) is 24.9 Å². The number of aryl methyl sites for hydroxylation is 2. The van der Waals surface area contributed by atoms with Gasteiger partial charge in [0, 0.05) is 31.6 Å². The van der Waals surface area contributed by atoms with Crippen LogP contribution in [0.3, 0.4) is 0 Å². The van der Waals surface area contributed by atoms with Gasteiger partial charge in [-0.2, -0.15) is 0 Å². The van der Waals surface area contributed by atoms with Gasteiger partial charge in [0.15, 0.2) is 0 Å². The van der Waals surface area contributed by atoms with Gasteiger partial charge < -0.3 is 14.9 Å². The lowest BCUT2D eigenvalue weighted by Crippen LogP contribution is -2.35. The minimum Gasteiger partial charge on any atom is -0.349 e. The van der Waals surface area contributed by atoms with Gasteiger partial charge in [-0.1, -0.05) is 0 Å². The molecule has 0 saturated heterocycles. The van der Waals surface area contributed by atoms with E-state index in [-0.39, 0.29) is 5.54 Å². The van der Waals surface area contributed by atoms with Crippen LogP contribution < -0.4 is 5.32 Å². The molecule has 92 valence electrons. The molecule has 5 heteroatoms. The molecule has 0 atom stereocenters. The third kappa shape index (κ3) is 2.55. The lowest BCUT2D eigenvalue weighted by molar-refractivity contribution is 0.408. The van der Waals surface area contributed by atoms with Crippen molar-refractivity contribution in [3.63, 3.8) is 0 Å². The van der Waals surface area contributed by atoms with Crippen molar-refractivity contribution in [3.05, 3.63) is 36.4 Å². The van der Waals surface area contributed by atoms with E-state index < -0.39 is 0 Å². The summed E-state index contributed by atoms with van der Waals surface area (Å²) in [7, 11) is 1.96. The Hall–Kier alpha value is -1.62. The van der Waals surface area contributed by atoms with Crippen molar-refractivity contribution in [3.8, 4) is 0 Å². The van der Waals surface area contributed by atoms with E-state index in [4.69, 9.17) is 0 Å². The Morgan fingerprint density at radius 3 is 2.94 bits per heavy atom. The number of aromatic amines is 1. The highest BCUT2D eigenvalue weighted by molar-refractivity contribution is 5.11. The molecule has 0 spiro atoms. The van der Waals surface area contributed by atoms with Crippen LogP contribution in [0.2, 0.25) is 0 Å². The average molecular weight is 233 g/mol. The zero-order chi connectivity index (χ0) is 12.3. The van der Waals surface area contributed by atoms with Crippen molar-refractivity contribution in [1.29, 1.82) is 0 Å². The third-order valence-corrected chi connectivity index (χ3v) is 3.12. The van der Waals surface area contributed by atoms with Gasteiger partial charge in [-0.15, -0.1) is 0 Å². The Labute approximate surface area is 101 Å². The molecule has 0 aliphatic heterocycles. The Morgan fingerprint density at radius 2 is 2.29 bits per heavy atom. The van der Waals surface area contributed by atoms with Gasteiger partial charge in [0.05, 0.1) is 17.6 Å². The molecule has 0 aliphatic rings. The van der Waals surface area contributed by atoms with Crippen molar-refractivity contribution in [2.45, 2.75) is 32.4 Å². The largest absolute Gasteiger partial charge is 0.349 e. The second kappa shape index (κ2) is 4.71. The van der Waals surface area contributed by atoms with Gasteiger partial charge in [0.2, 0.25) is 0 Å². The standard InChI is InChI=1S/C12H19N5/c1-12(2,13-3)10-8-14-9-17(10)7-4-11-15-5-6-16-11/h5-6,8-9,13H,4,7H2,1-3H3,(H,15,16). The number of nitrogens with one attached hydrogen (secondary N) is 2. The molecule has 0 amide bonds. The van der Waals surface area contributed by atoms with Crippen molar-refractivity contribution in [2.24, 2.45) is 0 Å². The van der Waals surface area contributed by atoms with E-state index in [0.29, 0.717) is 0 Å². The van der Waals surface area contributed by atoms with Gasteiger partial charge in [-0.05, 0) is 20.9 Å². The molecule has 0 saturated carbocycles. The molecule has 0 bridgehead atoms. The van der Waals surface area contributed by atoms with E-state index in [9.17, 15) is 0 Å². The molecule has 5 nitrogen and oxygen atoms in total. The molecule has 0 unspecified atom stereocenters. The second-order valence-electron chi connectivity index (χ2n) is 4.63. The van der Waals surface area contributed by atoms with Crippen LogP contribution in [0, 0.1) is 0 Å². The van der Waals surface area contributed by atoms with Crippen LogP contribution in [-0.2, 0) is 18.5 Å². The number of rotatable bonds is 5. The summed E-state index contributed by atoms with van der Waals surface area (Å²) in [6.07, 6.45) is 8.30. The summed E-state index contributed by atoms with van der Waals surface area (Å²) < 4.78 is 2.17. The monoisotopic (exact) mass is 233 g/mol.